The van der Waals surface area contributed by atoms with Crippen LogP contribution in [0.4, 0.5) is 22.7 Å². The lowest BCUT2D eigenvalue weighted by Gasteiger charge is -2.17. The van der Waals surface area contributed by atoms with Crippen molar-refractivity contribution in [2.75, 3.05) is 0 Å². The molecule has 0 spiro atoms. The molecule has 4 aromatic rings. The van der Waals surface area contributed by atoms with Gasteiger partial charge in [0.15, 0.2) is 5.75 Å². The maximum atomic E-state index is 12.5. The zero-order valence-corrected chi connectivity index (χ0v) is 20.6. The summed E-state index contributed by atoms with van der Waals surface area (Å²) in [7, 11) is 0. The van der Waals surface area contributed by atoms with Crippen LogP contribution < -0.4 is 4.74 Å². The highest BCUT2D eigenvalue weighted by atomic mass is 16.5. The van der Waals surface area contributed by atoms with Crippen molar-refractivity contribution in [3.05, 3.63) is 90.0 Å². The fourth-order valence-electron chi connectivity index (χ4n) is 3.40. The van der Waals surface area contributed by atoms with Crippen LogP contribution in [0.25, 0.3) is 10.8 Å². The third kappa shape index (κ3) is 5.84. The molecule has 0 amide bonds. The summed E-state index contributed by atoms with van der Waals surface area (Å²) in [5.41, 5.74) is 4.17. The largest absolute Gasteiger partial charge is 0.424 e. The Kier molecular flexibility index (Phi) is 6.82. The first-order valence-corrected chi connectivity index (χ1v) is 11.5. The van der Waals surface area contributed by atoms with Crippen LogP contribution in [0.15, 0.2) is 99.3 Å². The minimum absolute atomic E-state index is 0.330. The van der Waals surface area contributed by atoms with Gasteiger partial charge in [0, 0.05) is 5.39 Å². The number of fused-ring (bicyclic) bond motifs is 1. The van der Waals surface area contributed by atoms with Crippen LogP contribution in [0.5, 0.6) is 5.75 Å². The summed E-state index contributed by atoms with van der Waals surface area (Å²) in [6.07, 6.45) is 0. The lowest BCUT2D eigenvalue weighted by Crippen LogP contribution is -2.25. The second kappa shape index (κ2) is 9.97. The maximum absolute atomic E-state index is 12.5. The number of carbonyl (C=O) groups is 1. The quantitative estimate of drug-likeness (QED) is 0.168. The number of ether oxygens (including phenoxy) is 1. The van der Waals surface area contributed by atoms with Crippen molar-refractivity contribution in [1.29, 1.82) is 0 Å². The molecule has 0 atom stereocenters. The van der Waals surface area contributed by atoms with Gasteiger partial charge in [-0.2, -0.15) is 15.3 Å². The average Bonchev–Trinajstić information content (AvgIpc) is 2.82. The van der Waals surface area contributed by atoms with Crippen LogP contribution in [0.2, 0.25) is 0 Å². The van der Waals surface area contributed by atoms with E-state index in [1.807, 2.05) is 107 Å². The first kappa shape index (κ1) is 24.0. The summed E-state index contributed by atoms with van der Waals surface area (Å²) >= 11 is 0. The summed E-state index contributed by atoms with van der Waals surface area (Å²) in [4.78, 5) is 12.5. The van der Waals surface area contributed by atoms with E-state index in [1.54, 1.807) is 6.07 Å². The maximum Gasteiger partial charge on any atom is 0.316 e. The Morgan fingerprint density at radius 3 is 2.23 bits per heavy atom. The molecule has 0 aliphatic carbocycles. The van der Waals surface area contributed by atoms with Gasteiger partial charge in [-0.05, 0) is 87.5 Å². The molecule has 0 saturated heterocycles. The number of hydrogen-bond acceptors (Lipinski definition) is 6. The van der Waals surface area contributed by atoms with Crippen LogP contribution in [-0.4, -0.2) is 5.97 Å². The summed E-state index contributed by atoms with van der Waals surface area (Å²) in [5.74, 6) is 0.0519. The molecule has 0 radical (unpaired) electrons. The van der Waals surface area contributed by atoms with Crippen molar-refractivity contribution in [2.45, 2.75) is 34.6 Å². The van der Waals surface area contributed by atoms with Gasteiger partial charge in [0.25, 0.3) is 0 Å². The molecule has 0 saturated carbocycles. The van der Waals surface area contributed by atoms with E-state index >= 15 is 0 Å². The van der Waals surface area contributed by atoms with Crippen molar-refractivity contribution in [3.63, 3.8) is 0 Å². The van der Waals surface area contributed by atoms with E-state index in [1.165, 1.54) is 0 Å². The first-order chi connectivity index (χ1) is 16.7. The van der Waals surface area contributed by atoms with Gasteiger partial charge in [0.05, 0.1) is 22.5 Å². The molecule has 4 rings (SSSR count). The van der Waals surface area contributed by atoms with Crippen molar-refractivity contribution < 1.29 is 9.53 Å². The van der Waals surface area contributed by atoms with Crippen LogP contribution in [0.1, 0.15) is 31.9 Å². The molecule has 35 heavy (non-hydrogen) atoms. The Morgan fingerprint density at radius 1 is 0.743 bits per heavy atom. The van der Waals surface area contributed by atoms with E-state index in [2.05, 4.69) is 20.5 Å². The van der Waals surface area contributed by atoms with E-state index in [4.69, 9.17) is 4.74 Å². The summed E-state index contributed by atoms with van der Waals surface area (Å²) in [6, 6.07) is 25.0. The molecule has 4 aromatic carbocycles. The first-order valence-electron chi connectivity index (χ1n) is 11.5. The van der Waals surface area contributed by atoms with E-state index in [-0.39, 0.29) is 5.97 Å². The molecule has 0 aromatic heterocycles. The van der Waals surface area contributed by atoms with Crippen molar-refractivity contribution >= 4 is 39.5 Å². The number of rotatable bonds is 5. The lowest BCUT2D eigenvalue weighted by atomic mass is 9.97. The average molecular weight is 465 g/mol. The smallest absolute Gasteiger partial charge is 0.316 e. The number of esters is 1. The van der Waals surface area contributed by atoms with Crippen LogP contribution in [0.3, 0.4) is 0 Å². The number of benzene rings is 4. The molecular weight excluding hydrogens is 436 g/mol. The molecule has 6 heteroatoms. The Hall–Kier alpha value is -4.19. The standard InChI is InChI=1S/C29H28N4O2/c1-19-9-8-11-22(17-19)30-32-25-15-14-23(18-20(25)2)31-33-27-24-12-7-6-10-21(24)13-16-26(27)35-28(34)29(3,4)5/h6-18H,1-5H3. The molecular formula is C29H28N4O2. The molecule has 0 aliphatic heterocycles. The Balaban J connectivity index is 1.64. The Morgan fingerprint density at radius 2 is 1.49 bits per heavy atom. The zero-order valence-electron chi connectivity index (χ0n) is 20.6. The van der Waals surface area contributed by atoms with Gasteiger partial charge in [0.1, 0.15) is 5.69 Å². The normalized spacial score (nSPS) is 12.0. The van der Waals surface area contributed by atoms with Crippen molar-refractivity contribution in [3.8, 4) is 5.75 Å². The van der Waals surface area contributed by atoms with Gasteiger partial charge >= 0.3 is 5.97 Å². The van der Waals surface area contributed by atoms with Gasteiger partial charge in [-0.15, -0.1) is 5.11 Å². The summed E-state index contributed by atoms with van der Waals surface area (Å²) < 4.78 is 5.71. The zero-order chi connectivity index (χ0) is 25.0. The predicted octanol–water partition coefficient (Wildman–Crippen LogP) is 9.24. The Bertz CT molecular complexity index is 1450. The SMILES string of the molecule is Cc1cccc(N=Nc2ccc(N=Nc3c(OC(=O)C(C)(C)C)ccc4ccccc34)cc2C)c1. The van der Waals surface area contributed by atoms with Crippen LogP contribution in [-0.2, 0) is 4.79 Å². The highest BCUT2D eigenvalue weighted by Gasteiger charge is 2.25. The van der Waals surface area contributed by atoms with E-state index in [0.717, 1.165) is 33.3 Å². The van der Waals surface area contributed by atoms with E-state index in [9.17, 15) is 4.79 Å². The fourth-order valence-corrected chi connectivity index (χ4v) is 3.40. The Labute approximate surface area is 205 Å². The number of carbonyl (C=O) groups excluding carboxylic acids is 1. The number of nitrogens with zero attached hydrogens (tertiary/aromatic N) is 4. The van der Waals surface area contributed by atoms with Gasteiger partial charge in [0.2, 0.25) is 0 Å². The van der Waals surface area contributed by atoms with Gasteiger partial charge in [-0.25, -0.2) is 0 Å². The van der Waals surface area contributed by atoms with E-state index < -0.39 is 5.41 Å². The fraction of sp³-hybridized carbons (Fsp3) is 0.207. The molecule has 0 aliphatic rings. The number of hydrogen-bond donors (Lipinski definition) is 0. The predicted molar refractivity (Wildman–Crippen MR) is 140 cm³/mol. The molecule has 0 unspecified atom stereocenters. The number of azo groups is 2. The molecule has 176 valence electrons. The van der Waals surface area contributed by atoms with Crippen molar-refractivity contribution in [1.82, 2.24) is 0 Å². The van der Waals surface area contributed by atoms with Gasteiger partial charge < -0.3 is 4.74 Å². The van der Waals surface area contributed by atoms with Gasteiger partial charge in [-0.3, -0.25) is 4.79 Å². The summed E-state index contributed by atoms with van der Waals surface area (Å²) in [5, 5.41) is 19.5. The van der Waals surface area contributed by atoms with Crippen LogP contribution in [0, 0.1) is 19.3 Å². The highest BCUT2D eigenvalue weighted by Crippen LogP contribution is 2.38. The minimum Gasteiger partial charge on any atom is -0.424 e. The second-order valence-electron chi connectivity index (χ2n) is 9.48. The molecule has 0 fully saturated rings. The lowest BCUT2D eigenvalue weighted by molar-refractivity contribution is -0.142. The van der Waals surface area contributed by atoms with Gasteiger partial charge in [-0.1, -0.05) is 42.5 Å². The third-order valence-electron chi connectivity index (χ3n) is 5.40. The molecule has 0 bridgehead atoms. The monoisotopic (exact) mass is 464 g/mol. The van der Waals surface area contributed by atoms with E-state index in [0.29, 0.717) is 17.1 Å². The molecule has 0 heterocycles. The van der Waals surface area contributed by atoms with Crippen molar-refractivity contribution in [2.24, 2.45) is 25.9 Å². The summed E-state index contributed by atoms with van der Waals surface area (Å²) in [6.45, 7) is 9.43. The minimum atomic E-state index is -0.639. The highest BCUT2D eigenvalue weighted by molar-refractivity contribution is 5.96. The third-order valence-corrected chi connectivity index (χ3v) is 5.40. The molecule has 0 N–H and O–H groups in total. The second-order valence-corrected chi connectivity index (χ2v) is 9.48. The number of aryl methyl sites for hydroxylation is 2. The topological polar surface area (TPSA) is 75.7 Å². The molecule has 6 nitrogen and oxygen atoms in total. The van der Waals surface area contributed by atoms with Crippen LogP contribution >= 0.6 is 0 Å².